The normalized spacial score (nSPS) is 17.1. The fraction of sp³-hybridized carbons (Fsp3) is 0.750. The van der Waals surface area contributed by atoms with Crippen LogP contribution in [0.2, 0.25) is 0 Å². The first-order valence-corrected chi connectivity index (χ1v) is 8.20. The third kappa shape index (κ3) is 4.55. The lowest BCUT2D eigenvalue weighted by Crippen LogP contribution is -2.37. The van der Waals surface area contributed by atoms with Crippen molar-refractivity contribution in [2.24, 2.45) is 7.05 Å². The first-order chi connectivity index (χ1) is 10.5. The molecule has 0 saturated carbocycles. The Morgan fingerprint density at radius 3 is 2.73 bits per heavy atom. The van der Waals surface area contributed by atoms with Gasteiger partial charge >= 0.3 is 0 Å². The fourth-order valence-corrected chi connectivity index (χ4v) is 2.72. The lowest BCUT2D eigenvalue weighted by Gasteiger charge is -2.29. The summed E-state index contributed by atoms with van der Waals surface area (Å²) in [6.45, 7) is 7.68. The van der Waals surface area contributed by atoms with Crippen LogP contribution in [0.25, 0.3) is 0 Å². The van der Waals surface area contributed by atoms with Gasteiger partial charge in [0.25, 0.3) is 5.91 Å². The van der Waals surface area contributed by atoms with Gasteiger partial charge in [0, 0.05) is 26.7 Å². The Kier molecular flexibility index (Phi) is 5.97. The van der Waals surface area contributed by atoms with Crippen LogP contribution in [0.4, 0.5) is 0 Å². The molecule has 0 aliphatic carbocycles. The monoisotopic (exact) mass is 308 g/mol. The number of hydrogen-bond donors (Lipinski definition) is 2. The second-order valence-electron chi connectivity index (χ2n) is 6.42. The van der Waals surface area contributed by atoms with Gasteiger partial charge in [0.1, 0.15) is 5.69 Å². The van der Waals surface area contributed by atoms with Crippen molar-refractivity contribution >= 4 is 5.91 Å². The number of hydrogen-bond acceptors (Lipinski definition) is 4. The van der Waals surface area contributed by atoms with Crippen molar-refractivity contribution in [1.29, 1.82) is 0 Å². The molecule has 2 N–H and O–H groups in total. The van der Waals surface area contributed by atoms with Gasteiger partial charge < -0.3 is 15.3 Å². The number of aromatic nitrogens is 2. The molecule has 0 bridgehead atoms. The summed E-state index contributed by atoms with van der Waals surface area (Å²) in [5.41, 5.74) is 1.56. The van der Waals surface area contributed by atoms with Gasteiger partial charge in [-0.05, 0) is 37.8 Å². The minimum Gasteiger partial charge on any atom is -0.393 e. The molecule has 1 saturated heterocycles. The lowest BCUT2D eigenvalue weighted by atomic mass is 10.1. The summed E-state index contributed by atoms with van der Waals surface area (Å²) in [6, 6.07) is 1.87. The van der Waals surface area contributed by atoms with Crippen LogP contribution in [0.15, 0.2) is 6.07 Å². The standard InChI is InChI=1S/C16H28N4O2/c1-12(2)14-11-15(19(3)18-14)16(22)17-7-4-8-20-9-5-13(21)6-10-20/h11-13,21H,4-10H2,1-3H3,(H,17,22). The fourth-order valence-electron chi connectivity index (χ4n) is 2.72. The molecule has 0 aromatic carbocycles. The highest BCUT2D eigenvalue weighted by Gasteiger charge is 2.17. The smallest absolute Gasteiger partial charge is 0.269 e. The number of carbonyl (C=O) groups excluding carboxylic acids is 1. The van der Waals surface area contributed by atoms with E-state index in [1.807, 2.05) is 6.07 Å². The van der Waals surface area contributed by atoms with E-state index in [-0.39, 0.29) is 12.0 Å². The molecule has 0 atom stereocenters. The summed E-state index contributed by atoms with van der Waals surface area (Å²) in [4.78, 5) is 14.5. The minimum atomic E-state index is -0.129. The maximum atomic E-state index is 12.2. The van der Waals surface area contributed by atoms with Crippen molar-refractivity contribution in [3.8, 4) is 0 Å². The molecule has 2 heterocycles. The van der Waals surface area contributed by atoms with E-state index in [2.05, 4.69) is 29.2 Å². The Morgan fingerprint density at radius 1 is 1.45 bits per heavy atom. The van der Waals surface area contributed by atoms with Gasteiger partial charge in [-0.15, -0.1) is 0 Å². The number of carbonyl (C=O) groups is 1. The van der Waals surface area contributed by atoms with Crippen molar-refractivity contribution in [3.63, 3.8) is 0 Å². The summed E-state index contributed by atoms with van der Waals surface area (Å²) < 4.78 is 1.65. The molecule has 1 aromatic heterocycles. The summed E-state index contributed by atoms with van der Waals surface area (Å²) in [7, 11) is 1.81. The zero-order valence-corrected chi connectivity index (χ0v) is 13.9. The van der Waals surface area contributed by atoms with Gasteiger partial charge in [-0.1, -0.05) is 13.8 Å². The molecule has 1 fully saturated rings. The van der Waals surface area contributed by atoms with E-state index in [0.717, 1.165) is 44.6 Å². The molecule has 0 unspecified atom stereocenters. The quantitative estimate of drug-likeness (QED) is 0.773. The van der Waals surface area contributed by atoms with E-state index in [4.69, 9.17) is 0 Å². The maximum Gasteiger partial charge on any atom is 0.269 e. The molecule has 124 valence electrons. The number of rotatable bonds is 6. The van der Waals surface area contributed by atoms with E-state index >= 15 is 0 Å². The molecule has 0 radical (unpaired) electrons. The Labute approximate surface area is 132 Å². The van der Waals surface area contributed by atoms with Gasteiger partial charge in [-0.2, -0.15) is 5.10 Å². The second kappa shape index (κ2) is 7.74. The highest BCUT2D eigenvalue weighted by molar-refractivity contribution is 5.92. The van der Waals surface area contributed by atoms with E-state index in [9.17, 15) is 9.90 Å². The van der Waals surface area contributed by atoms with E-state index in [1.54, 1.807) is 11.7 Å². The topological polar surface area (TPSA) is 70.4 Å². The molecule has 0 spiro atoms. The predicted molar refractivity (Wildman–Crippen MR) is 85.9 cm³/mol. The van der Waals surface area contributed by atoms with Crippen LogP contribution in [0.5, 0.6) is 0 Å². The first kappa shape index (κ1) is 17.0. The number of nitrogens with one attached hydrogen (secondary N) is 1. The SMILES string of the molecule is CC(C)c1cc(C(=O)NCCCN2CCC(O)CC2)n(C)n1. The number of aliphatic hydroxyl groups excluding tert-OH is 1. The van der Waals surface area contributed by atoms with Crippen molar-refractivity contribution in [2.45, 2.75) is 45.1 Å². The number of likely N-dealkylation sites (tertiary alicyclic amines) is 1. The van der Waals surface area contributed by atoms with Gasteiger partial charge in [0.05, 0.1) is 11.8 Å². The molecule has 6 heteroatoms. The Morgan fingerprint density at radius 2 is 2.14 bits per heavy atom. The summed E-state index contributed by atoms with van der Waals surface area (Å²) in [5.74, 6) is 0.262. The van der Waals surface area contributed by atoms with Crippen LogP contribution in [0.3, 0.4) is 0 Å². The largest absolute Gasteiger partial charge is 0.393 e. The number of nitrogens with zero attached hydrogens (tertiary/aromatic N) is 3. The maximum absolute atomic E-state index is 12.2. The predicted octanol–water partition coefficient (Wildman–Crippen LogP) is 1.12. The third-order valence-corrected chi connectivity index (χ3v) is 4.22. The van der Waals surface area contributed by atoms with Gasteiger partial charge in [0.15, 0.2) is 0 Å². The third-order valence-electron chi connectivity index (χ3n) is 4.22. The Bertz CT molecular complexity index is 490. The first-order valence-electron chi connectivity index (χ1n) is 8.20. The molecule has 1 aliphatic rings. The minimum absolute atomic E-state index is 0.0593. The molecule has 1 amide bonds. The molecule has 1 aromatic rings. The Hall–Kier alpha value is -1.40. The van der Waals surface area contributed by atoms with Crippen LogP contribution in [0, 0.1) is 0 Å². The van der Waals surface area contributed by atoms with Crippen LogP contribution in [0.1, 0.15) is 55.2 Å². The van der Waals surface area contributed by atoms with Crippen LogP contribution >= 0.6 is 0 Å². The van der Waals surface area contributed by atoms with Crippen molar-refractivity contribution in [3.05, 3.63) is 17.5 Å². The number of aryl methyl sites for hydroxylation is 1. The van der Waals surface area contributed by atoms with Crippen molar-refractivity contribution < 1.29 is 9.90 Å². The molecular formula is C16H28N4O2. The summed E-state index contributed by atoms with van der Waals surface area (Å²) >= 11 is 0. The molecular weight excluding hydrogens is 280 g/mol. The summed E-state index contributed by atoms with van der Waals surface area (Å²) in [6.07, 6.45) is 2.52. The Balaban J connectivity index is 1.71. The number of aliphatic hydroxyl groups is 1. The molecule has 1 aliphatic heterocycles. The van der Waals surface area contributed by atoms with E-state index < -0.39 is 0 Å². The number of piperidine rings is 1. The zero-order valence-electron chi connectivity index (χ0n) is 13.9. The molecule has 6 nitrogen and oxygen atoms in total. The van der Waals surface area contributed by atoms with Gasteiger partial charge in [0.2, 0.25) is 0 Å². The second-order valence-corrected chi connectivity index (χ2v) is 6.42. The number of amides is 1. The molecule has 2 rings (SSSR count). The van der Waals surface area contributed by atoms with Crippen LogP contribution in [-0.4, -0.2) is 58.0 Å². The van der Waals surface area contributed by atoms with Gasteiger partial charge in [-0.25, -0.2) is 0 Å². The van der Waals surface area contributed by atoms with Crippen molar-refractivity contribution in [2.75, 3.05) is 26.2 Å². The zero-order chi connectivity index (χ0) is 16.1. The van der Waals surface area contributed by atoms with Crippen LogP contribution < -0.4 is 5.32 Å². The van der Waals surface area contributed by atoms with Crippen LogP contribution in [-0.2, 0) is 7.05 Å². The highest BCUT2D eigenvalue weighted by atomic mass is 16.3. The van der Waals surface area contributed by atoms with Gasteiger partial charge in [-0.3, -0.25) is 9.48 Å². The average Bonchev–Trinajstić information content (AvgIpc) is 2.87. The summed E-state index contributed by atoms with van der Waals surface area (Å²) in [5, 5.41) is 16.8. The van der Waals surface area contributed by atoms with Crippen molar-refractivity contribution in [1.82, 2.24) is 20.0 Å². The highest BCUT2D eigenvalue weighted by Crippen LogP contribution is 2.13. The molecule has 22 heavy (non-hydrogen) atoms. The van der Waals surface area contributed by atoms with E-state index in [0.29, 0.717) is 18.2 Å². The average molecular weight is 308 g/mol. The van der Waals surface area contributed by atoms with E-state index in [1.165, 1.54) is 0 Å². The lowest BCUT2D eigenvalue weighted by molar-refractivity contribution is 0.0816.